The van der Waals surface area contributed by atoms with Crippen LogP contribution >= 0.6 is 0 Å². The van der Waals surface area contributed by atoms with Crippen molar-refractivity contribution < 1.29 is 9.31 Å². The molecule has 0 aliphatic carbocycles. The van der Waals surface area contributed by atoms with E-state index >= 15 is 0 Å². The molecule has 5 nitrogen and oxygen atoms in total. The maximum Gasteiger partial charge on any atom is 0.244 e. The fourth-order valence-electron chi connectivity index (χ4n) is 1.21. The molecule has 15 heavy (non-hydrogen) atoms. The summed E-state index contributed by atoms with van der Waals surface area (Å²) >= 11 is 0. The molecule has 0 aliphatic rings. The van der Waals surface area contributed by atoms with Crippen LogP contribution in [0.25, 0.3) is 0 Å². The topological polar surface area (TPSA) is 95.2 Å². The van der Waals surface area contributed by atoms with Gasteiger partial charge in [-0.1, -0.05) is 12.1 Å². The second-order valence-corrected chi connectivity index (χ2v) is 3.26. The lowest BCUT2D eigenvalue weighted by Crippen LogP contribution is -2.48. The van der Waals surface area contributed by atoms with Gasteiger partial charge in [0.15, 0.2) is 0 Å². The maximum atomic E-state index is 12.6. The van der Waals surface area contributed by atoms with Crippen LogP contribution in [0.3, 0.4) is 0 Å². The van der Waals surface area contributed by atoms with Crippen molar-refractivity contribution in [2.45, 2.75) is 18.6 Å². The number of halogens is 1. The van der Waals surface area contributed by atoms with Crippen LogP contribution in [-0.2, 0) is 6.42 Å². The molecule has 0 saturated heterocycles. The van der Waals surface area contributed by atoms with Crippen LogP contribution in [0.15, 0.2) is 24.3 Å². The highest BCUT2D eigenvalue weighted by Crippen LogP contribution is 2.08. The molecule has 0 fully saturated rings. The summed E-state index contributed by atoms with van der Waals surface area (Å²) in [7, 11) is 0. The number of nitrogens with two attached hydrogens (primary N) is 2. The molecule has 0 saturated carbocycles. The third-order valence-electron chi connectivity index (χ3n) is 2.07. The molecule has 0 aromatic heterocycles. The normalized spacial score (nSPS) is 12.8. The molecule has 1 aromatic rings. The Balaban J connectivity index is 2.74. The van der Waals surface area contributed by atoms with Crippen LogP contribution < -0.4 is 11.5 Å². The highest BCUT2D eigenvalue weighted by molar-refractivity contribution is 5.17. The monoisotopic (exact) mass is 213 g/mol. The molecule has 6 heteroatoms. The van der Waals surface area contributed by atoms with Crippen LogP contribution in [0.4, 0.5) is 4.39 Å². The van der Waals surface area contributed by atoms with Crippen molar-refractivity contribution in [3.63, 3.8) is 0 Å². The molecular formula is C9H12FN3O2. The second kappa shape index (κ2) is 4.81. The van der Waals surface area contributed by atoms with Gasteiger partial charge in [0.05, 0.1) is 0 Å². The molecule has 1 rings (SSSR count). The minimum atomic E-state index is -1.05. The molecule has 0 aliphatic heterocycles. The summed E-state index contributed by atoms with van der Waals surface area (Å²) < 4.78 is 12.6. The summed E-state index contributed by atoms with van der Waals surface area (Å²) in [6.07, 6.45) is -0.921. The van der Waals surface area contributed by atoms with E-state index in [0.717, 1.165) is 0 Å². The third kappa shape index (κ3) is 3.26. The SMILES string of the molecule is NC(N)C(Cc1ccc(F)cc1)[N+](=O)[O-]. The fraction of sp³-hybridized carbons (Fsp3) is 0.333. The Morgan fingerprint density at radius 1 is 1.33 bits per heavy atom. The first-order valence-electron chi connectivity index (χ1n) is 4.40. The zero-order valence-electron chi connectivity index (χ0n) is 7.97. The summed E-state index contributed by atoms with van der Waals surface area (Å²) in [5.74, 6) is -0.381. The molecule has 1 atom stereocenters. The summed E-state index contributed by atoms with van der Waals surface area (Å²) in [5, 5.41) is 10.6. The zero-order chi connectivity index (χ0) is 11.4. The molecule has 0 amide bonds. The Labute approximate surface area is 86.0 Å². The summed E-state index contributed by atoms with van der Waals surface area (Å²) in [6.45, 7) is 0. The highest BCUT2D eigenvalue weighted by Gasteiger charge is 2.25. The van der Waals surface area contributed by atoms with Gasteiger partial charge in [-0.25, -0.2) is 4.39 Å². The van der Waals surface area contributed by atoms with Crippen LogP contribution in [0, 0.1) is 15.9 Å². The summed E-state index contributed by atoms with van der Waals surface area (Å²) in [5.41, 5.74) is 11.2. The van der Waals surface area contributed by atoms with Gasteiger partial charge in [-0.2, -0.15) is 0 Å². The van der Waals surface area contributed by atoms with Crippen LogP contribution in [-0.4, -0.2) is 17.1 Å². The quantitative estimate of drug-likeness (QED) is 0.426. The largest absolute Gasteiger partial charge is 0.310 e. The van der Waals surface area contributed by atoms with Crippen LogP contribution in [0.1, 0.15) is 5.56 Å². The van der Waals surface area contributed by atoms with E-state index in [0.29, 0.717) is 5.56 Å². The minimum Gasteiger partial charge on any atom is -0.310 e. The Morgan fingerprint density at radius 3 is 2.27 bits per heavy atom. The number of benzene rings is 1. The fourth-order valence-corrected chi connectivity index (χ4v) is 1.21. The second-order valence-electron chi connectivity index (χ2n) is 3.26. The number of hydrogen-bond donors (Lipinski definition) is 2. The van der Waals surface area contributed by atoms with Gasteiger partial charge in [0.25, 0.3) is 0 Å². The average Bonchev–Trinajstić information content (AvgIpc) is 2.15. The first-order chi connectivity index (χ1) is 7.00. The Kier molecular flexibility index (Phi) is 3.70. The van der Waals surface area contributed by atoms with E-state index in [1.54, 1.807) is 0 Å². The Hall–Kier alpha value is -1.53. The zero-order valence-corrected chi connectivity index (χ0v) is 7.97. The van der Waals surface area contributed by atoms with Crippen LogP contribution in [0.2, 0.25) is 0 Å². The lowest BCUT2D eigenvalue weighted by molar-refractivity contribution is -0.525. The van der Waals surface area contributed by atoms with Crippen molar-refractivity contribution in [3.8, 4) is 0 Å². The van der Waals surface area contributed by atoms with Gasteiger partial charge in [0.1, 0.15) is 12.0 Å². The molecule has 1 unspecified atom stereocenters. The number of hydrogen-bond acceptors (Lipinski definition) is 4. The van der Waals surface area contributed by atoms with E-state index in [9.17, 15) is 14.5 Å². The smallest absolute Gasteiger partial charge is 0.244 e. The lowest BCUT2D eigenvalue weighted by atomic mass is 10.0. The molecule has 1 aromatic carbocycles. The molecule has 0 heterocycles. The summed E-state index contributed by atoms with van der Waals surface area (Å²) in [6, 6.07) is 4.40. The van der Waals surface area contributed by atoms with Crippen molar-refractivity contribution in [3.05, 3.63) is 45.8 Å². The first kappa shape index (κ1) is 11.5. The lowest BCUT2D eigenvalue weighted by Gasteiger charge is -2.12. The molecule has 82 valence electrons. The predicted octanol–water partition coefficient (Wildman–Crippen LogP) is 0.257. The van der Waals surface area contributed by atoms with Gasteiger partial charge in [-0.3, -0.25) is 10.1 Å². The van der Waals surface area contributed by atoms with Gasteiger partial charge in [-0.15, -0.1) is 0 Å². The Morgan fingerprint density at radius 2 is 1.87 bits per heavy atom. The van der Waals surface area contributed by atoms with Crippen molar-refractivity contribution >= 4 is 0 Å². The molecular weight excluding hydrogens is 201 g/mol. The van der Waals surface area contributed by atoms with E-state index in [2.05, 4.69) is 0 Å². The summed E-state index contributed by atoms with van der Waals surface area (Å²) in [4.78, 5) is 10.1. The van der Waals surface area contributed by atoms with Gasteiger partial charge in [0, 0.05) is 11.3 Å². The first-order valence-corrected chi connectivity index (χ1v) is 4.40. The van der Waals surface area contributed by atoms with Crippen molar-refractivity contribution in [2.24, 2.45) is 11.5 Å². The Bertz CT molecular complexity index is 340. The number of nitro groups is 1. The van der Waals surface area contributed by atoms with E-state index in [4.69, 9.17) is 11.5 Å². The minimum absolute atomic E-state index is 0.102. The van der Waals surface area contributed by atoms with Crippen molar-refractivity contribution in [1.82, 2.24) is 0 Å². The maximum absolute atomic E-state index is 12.6. The van der Waals surface area contributed by atoms with Gasteiger partial charge >= 0.3 is 0 Å². The molecule has 4 N–H and O–H groups in total. The molecule has 0 radical (unpaired) electrons. The van der Waals surface area contributed by atoms with Gasteiger partial charge < -0.3 is 11.5 Å². The van der Waals surface area contributed by atoms with E-state index in [1.807, 2.05) is 0 Å². The van der Waals surface area contributed by atoms with Gasteiger partial charge in [-0.05, 0) is 17.7 Å². The van der Waals surface area contributed by atoms with E-state index < -0.39 is 17.1 Å². The van der Waals surface area contributed by atoms with Crippen molar-refractivity contribution in [2.75, 3.05) is 0 Å². The number of rotatable bonds is 4. The standard InChI is InChI=1S/C9H12FN3O2/c10-7-3-1-6(2-4-7)5-8(9(11)12)13(14)15/h1-4,8-9H,5,11-12H2. The van der Waals surface area contributed by atoms with E-state index in [1.165, 1.54) is 24.3 Å². The molecule has 0 spiro atoms. The predicted molar refractivity (Wildman–Crippen MR) is 53.0 cm³/mol. The average molecular weight is 213 g/mol. The molecule has 0 bridgehead atoms. The van der Waals surface area contributed by atoms with Crippen LogP contribution in [0.5, 0.6) is 0 Å². The van der Waals surface area contributed by atoms with Gasteiger partial charge in [0.2, 0.25) is 6.04 Å². The van der Waals surface area contributed by atoms with Crippen molar-refractivity contribution in [1.29, 1.82) is 0 Å². The number of nitrogens with zero attached hydrogens (tertiary/aromatic N) is 1. The third-order valence-corrected chi connectivity index (χ3v) is 2.07. The van der Waals surface area contributed by atoms with E-state index in [-0.39, 0.29) is 12.2 Å². The highest BCUT2D eigenvalue weighted by atomic mass is 19.1.